The number of rotatable bonds is 6. The molecule has 3 heterocycles. The Hall–Kier alpha value is -3.15. The number of imidazole rings is 1. The van der Waals surface area contributed by atoms with Gasteiger partial charge in [0.15, 0.2) is 0 Å². The molecule has 2 aliphatic heterocycles. The second kappa shape index (κ2) is 9.84. The summed E-state index contributed by atoms with van der Waals surface area (Å²) in [4.78, 5) is 44.9. The molecule has 0 aliphatic carbocycles. The summed E-state index contributed by atoms with van der Waals surface area (Å²) in [7, 11) is 1.50. The van der Waals surface area contributed by atoms with Crippen LogP contribution in [0.1, 0.15) is 25.4 Å². The number of aryl methyl sites for hydroxylation is 1. The quantitative estimate of drug-likeness (QED) is 0.625. The van der Waals surface area contributed by atoms with Gasteiger partial charge in [0, 0.05) is 44.0 Å². The molecule has 2 aliphatic rings. The van der Waals surface area contributed by atoms with Crippen LogP contribution < -0.4 is 10.6 Å². The molecule has 4 rings (SSSR count). The third-order valence-electron chi connectivity index (χ3n) is 6.49. The second-order valence-electron chi connectivity index (χ2n) is 9.10. The fraction of sp³-hybridized carbons (Fsp3) is 0.478. The van der Waals surface area contributed by atoms with Gasteiger partial charge in [-0.1, -0.05) is 11.6 Å². The summed E-state index contributed by atoms with van der Waals surface area (Å²) in [5.41, 5.74) is 0.446. The molecule has 2 aromatic rings. The summed E-state index contributed by atoms with van der Waals surface area (Å²) in [5.74, 6) is 0.413. The van der Waals surface area contributed by atoms with E-state index in [1.54, 1.807) is 65.7 Å². The minimum atomic E-state index is -0.954. The van der Waals surface area contributed by atoms with Gasteiger partial charge in [0.25, 0.3) is 0 Å². The number of carbonyl (C=O) groups excluding carboxylic acids is 3. The lowest BCUT2D eigenvalue weighted by atomic mass is 9.96. The fourth-order valence-corrected chi connectivity index (χ4v) is 4.37. The Morgan fingerprint density at radius 1 is 1.14 bits per heavy atom. The highest BCUT2D eigenvalue weighted by Gasteiger charge is 2.41. The summed E-state index contributed by atoms with van der Waals surface area (Å²) in [6.07, 6.45) is 1.71. The van der Waals surface area contributed by atoms with E-state index in [4.69, 9.17) is 16.3 Å². The Bertz CT molecular complexity index is 1110. The average Bonchev–Trinajstić information content (AvgIpc) is 3.38. The molecule has 1 unspecified atom stereocenters. The van der Waals surface area contributed by atoms with E-state index in [-0.39, 0.29) is 11.9 Å². The Balaban J connectivity index is 1.38. The van der Waals surface area contributed by atoms with Crippen LogP contribution in [0.3, 0.4) is 0 Å². The molecule has 4 amide bonds. The number of methoxy groups -OCH3 is 1. The maximum atomic E-state index is 13.5. The molecule has 11 nitrogen and oxygen atoms in total. The highest BCUT2D eigenvalue weighted by molar-refractivity contribution is 6.30. The maximum absolute atomic E-state index is 13.5. The molecule has 0 radical (unpaired) electrons. The largest absolute Gasteiger partial charge is 0.376 e. The first-order valence-corrected chi connectivity index (χ1v) is 11.8. The van der Waals surface area contributed by atoms with Crippen LogP contribution in [-0.4, -0.2) is 87.4 Å². The number of piperazine rings is 1. The van der Waals surface area contributed by atoms with Gasteiger partial charge in [-0.15, -0.1) is 0 Å². The van der Waals surface area contributed by atoms with E-state index in [1.165, 1.54) is 7.11 Å². The van der Waals surface area contributed by atoms with Crippen LogP contribution in [0.4, 0.5) is 15.3 Å². The van der Waals surface area contributed by atoms with Crippen molar-refractivity contribution in [3.05, 3.63) is 47.0 Å². The minimum Gasteiger partial charge on any atom is -0.376 e. The van der Waals surface area contributed by atoms with Crippen molar-refractivity contribution in [3.63, 3.8) is 0 Å². The smallest absolute Gasteiger partial charge is 0.344 e. The molecule has 0 spiro atoms. The van der Waals surface area contributed by atoms with Crippen LogP contribution in [0.25, 0.3) is 0 Å². The van der Waals surface area contributed by atoms with Crippen LogP contribution in [0.5, 0.6) is 0 Å². The van der Waals surface area contributed by atoms with Crippen LogP contribution >= 0.6 is 11.6 Å². The number of nitrogens with one attached hydrogen (secondary N) is 2. The lowest BCUT2D eigenvalue weighted by Gasteiger charge is -2.42. The van der Waals surface area contributed by atoms with Gasteiger partial charge in [-0.25, -0.2) is 24.1 Å². The molecular formula is C23H30ClN7O4. The molecule has 0 bridgehead atoms. The number of hydrogen-bond acceptors (Lipinski definition) is 6. The highest BCUT2D eigenvalue weighted by Crippen LogP contribution is 2.23. The summed E-state index contributed by atoms with van der Waals surface area (Å²) in [5, 5.41) is 9.69. The minimum absolute atomic E-state index is 0.131. The van der Waals surface area contributed by atoms with Gasteiger partial charge in [-0.2, -0.15) is 0 Å². The van der Waals surface area contributed by atoms with Crippen molar-refractivity contribution in [2.45, 2.75) is 39.0 Å². The van der Waals surface area contributed by atoms with E-state index < -0.39 is 17.7 Å². The van der Waals surface area contributed by atoms with Crippen molar-refractivity contribution >= 4 is 35.3 Å². The fourth-order valence-electron chi connectivity index (χ4n) is 4.24. The van der Waals surface area contributed by atoms with Crippen molar-refractivity contribution in [3.8, 4) is 0 Å². The van der Waals surface area contributed by atoms with Gasteiger partial charge in [-0.05, 0) is 45.0 Å². The maximum Gasteiger partial charge on any atom is 0.344 e. The zero-order valence-corrected chi connectivity index (χ0v) is 21.0. The van der Waals surface area contributed by atoms with E-state index in [0.29, 0.717) is 49.3 Å². The molecule has 188 valence electrons. The van der Waals surface area contributed by atoms with Crippen LogP contribution in [0.15, 0.2) is 30.5 Å². The Kier molecular flexibility index (Phi) is 7.02. The second-order valence-corrected chi connectivity index (χ2v) is 9.53. The van der Waals surface area contributed by atoms with Crippen LogP contribution in [0, 0.1) is 6.92 Å². The molecule has 12 heteroatoms. The number of carbonyl (C=O) groups is 3. The molecule has 35 heavy (non-hydrogen) atoms. The summed E-state index contributed by atoms with van der Waals surface area (Å²) < 4.78 is 7.16. The van der Waals surface area contributed by atoms with Crippen molar-refractivity contribution in [1.82, 2.24) is 29.8 Å². The molecule has 0 saturated carbocycles. The molecule has 1 fully saturated rings. The number of nitrogens with zero attached hydrogens (tertiary/aromatic N) is 5. The summed E-state index contributed by atoms with van der Waals surface area (Å²) >= 11 is 5.90. The number of halogens is 1. The zero-order chi connectivity index (χ0) is 25.3. The molecule has 1 saturated heterocycles. The number of amides is 4. The molecule has 1 aromatic heterocycles. The molecule has 2 N–H and O–H groups in total. The van der Waals surface area contributed by atoms with E-state index >= 15 is 0 Å². The first-order valence-electron chi connectivity index (χ1n) is 11.4. The number of fused-ring (bicyclic) bond motifs is 1. The lowest BCUT2D eigenvalue weighted by Crippen LogP contribution is -2.63. The van der Waals surface area contributed by atoms with E-state index in [0.717, 1.165) is 5.69 Å². The Labute approximate surface area is 208 Å². The van der Waals surface area contributed by atoms with E-state index in [2.05, 4.69) is 15.6 Å². The van der Waals surface area contributed by atoms with Crippen molar-refractivity contribution in [2.75, 3.05) is 38.6 Å². The first kappa shape index (κ1) is 25.0. The van der Waals surface area contributed by atoms with Crippen molar-refractivity contribution in [2.24, 2.45) is 0 Å². The number of aromatic nitrogens is 2. The lowest BCUT2D eigenvalue weighted by molar-refractivity contribution is -0.144. The monoisotopic (exact) mass is 503 g/mol. The third kappa shape index (κ3) is 5.12. The number of hydrazine groups is 1. The van der Waals surface area contributed by atoms with Crippen LogP contribution in [-0.2, 0) is 16.1 Å². The summed E-state index contributed by atoms with van der Waals surface area (Å²) in [6.45, 7) is 7.56. The molecular weight excluding hydrogens is 474 g/mol. The first-order chi connectivity index (χ1) is 16.6. The Morgan fingerprint density at radius 3 is 2.40 bits per heavy atom. The summed E-state index contributed by atoms with van der Waals surface area (Å²) in [6, 6.07) is 5.10. The van der Waals surface area contributed by atoms with Gasteiger partial charge in [0.05, 0.1) is 24.0 Å². The number of ether oxygens (including phenoxy) is 1. The van der Waals surface area contributed by atoms with Crippen molar-refractivity contribution in [1.29, 1.82) is 0 Å². The van der Waals surface area contributed by atoms with Gasteiger partial charge in [0.1, 0.15) is 11.9 Å². The standard InChI is InChI=1S/C23H30ClN7O4/c1-15-25-13-18-14-30(22(34)31(15)18)29-11-9-28(10-12-29)20(32)19(23(2,3)35-4)27-21(33)26-17-7-5-16(24)6-8-17/h5-8,13,19H,9-12,14H2,1-4H3,(H2,26,27,33). The van der Waals surface area contributed by atoms with Gasteiger partial charge in [0.2, 0.25) is 5.91 Å². The highest BCUT2D eigenvalue weighted by atomic mass is 35.5. The van der Waals surface area contributed by atoms with Gasteiger partial charge >= 0.3 is 12.1 Å². The predicted octanol–water partition coefficient (Wildman–Crippen LogP) is 2.30. The number of anilines is 1. The van der Waals surface area contributed by atoms with Gasteiger partial charge < -0.3 is 20.3 Å². The number of urea groups is 1. The SMILES string of the molecule is COC(C)(C)C(NC(=O)Nc1ccc(Cl)cc1)C(=O)N1CCN(N2Cc3cnc(C)n3C2=O)CC1. The normalized spacial score (nSPS) is 17.3. The molecule has 1 aromatic carbocycles. The third-order valence-corrected chi connectivity index (χ3v) is 6.74. The van der Waals surface area contributed by atoms with Crippen molar-refractivity contribution < 1.29 is 19.1 Å². The van der Waals surface area contributed by atoms with E-state index in [1.807, 2.05) is 5.01 Å². The Morgan fingerprint density at radius 2 is 1.80 bits per heavy atom. The number of hydrogen-bond donors (Lipinski definition) is 2. The van der Waals surface area contributed by atoms with Crippen LogP contribution in [0.2, 0.25) is 5.02 Å². The average molecular weight is 504 g/mol. The zero-order valence-electron chi connectivity index (χ0n) is 20.2. The van der Waals surface area contributed by atoms with Gasteiger partial charge in [-0.3, -0.25) is 9.80 Å². The predicted molar refractivity (Wildman–Crippen MR) is 130 cm³/mol. The number of benzene rings is 1. The molecule has 1 atom stereocenters. The van der Waals surface area contributed by atoms with E-state index in [9.17, 15) is 14.4 Å². The topological polar surface area (TPSA) is 112 Å².